The van der Waals surface area contributed by atoms with E-state index in [0.717, 1.165) is 10.6 Å². The number of fused-ring (bicyclic) bond motifs is 1. The predicted molar refractivity (Wildman–Crippen MR) is 69.4 cm³/mol. The molecular formula is C12H16N2O4S. The first-order valence-corrected chi connectivity index (χ1v) is 6.79. The fourth-order valence-electron chi connectivity index (χ4n) is 1.93. The van der Waals surface area contributed by atoms with Crippen LogP contribution in [0, 0.1) is 0 Å². The minimum Gasteiger partial charge on any atom is -0.481 e. The van der Waals surface area contributed by atoms with Gasteiger partial charge in [-0.15, -0.1) is 11.3 Å². The first-order valence-electron chi connectivity index (χ1n) is 5.97. The van der Waals surface area contributed by atoms with Gasteiger partial charge in [0, 0.05) is 24.4 Å². The lowest BCUT2D eigenvalue weighted by atomic mass is 9.95. The number of aromatic nitrogens is 1. The van der Waals surface area contributed by atoms with Gasteiger partial charge in [-0.05, 0) is 13.8 Å². The molecule has 0 amide bonds. The van der Waals surface area contributed by atoms with Crippen molar-refractivity contribution in [3.05, 3.63) is 15.6 Å². The number of thiazole rings is 1. The summed E-state index contributed by atoms with van der Waals surface area (Å²) in [5.41, 5.74) is -0.0874. The highest BCUT2D eigenvalue weighted by molar-refractivity contribution is 7.12. The quantitative estimate of drug-likeness (QED) is 0.855. The number of carbonyl (C=O) groups is 2. The standard InChI is InChI=1S/C12H16N2O4S/c1-12(2,11(17)18)10-13-7-3-4-14(6-9(15)16)5-8(7)19-10/h3-6H2,1-2H3,(H,15,16)(H,17,18). The Bertz CT molecular complexity index is 524. The van der Waals surface area contributed by atoms with E-state index < -0.39 is 17.4 Å². The van der Waals surface area contributed by atoms with Crippen molar-refractivity contribution in [2.24, 2.45) is 0 Å². The molecule has 6 nitrogen and oxygen atoms in total. The van der Waals surface area contributed by atoms with E-state index in [-0.39, 0.29) is 6.54 Å². The highest BCUT2D eigenvalue weighted by Crippen LogP contribution is 2.32. The van der Waals surface area contributed by atoms with Gasteiger partial charge >= 0.3 is 11.9 Å². The molecule has 0 saturated heterocycles. The van der Waals surface area contributed by atoms with Crippen molar-refractivity contribution in [3.8, 4) is 0 Å². The first-order chi connectivity index (χ1) is 8.80. The molecule has 0 aromatic carbocycles. The van der Waals surface area contributed by atoms with Crippen LogP contribution in [0.5, 0.6) is 0 Å². The number of aliphatic carboxylic acids is 2. The molecule has 0 radical (unpaired) electrons. The van der Waals surface area contributed by atoms with Gasteiger partial charge < -0.3 is 10.2 Å². The summed E-state index contributed by atoms with van der Waals surface area (Å²) in [6, 6.07) is 0. The van der Waals surface area contributed by atoms with Gasteiger partial charge in [-0.25, -0.2) is 4.98 Å². The van der Waals surface area contributed by atoms with Crippen LogP contribution in [0.2, 0.25) is 0 Å². The average Bonchev–Trinajstić information content (AvgIpc) is 2.71. The van der Waals surface area contributed by atoms with Crippen molar-refractivity contribution in [3.63, 3.8) is 0 Å². The molecule has 0 saturated carbocycles. The van der Waals surface area contributed by atoms with Crippen molar-refractivity contribution in [2.75, 3.05) is 13.1 Å². The van der Waals surface area contributed by atoms with E-state index in [2.05, 4.69) is 4.98 Å². The number of hydrogen-bond acceptors (Lipinski definition) is 5. The number of rotatable bonds is 4. The van der Waals surface area contributed by atoms with E-state index in [1.54, 1.807) is 13.8 Å². The molecule has 104 valence electrons. The molecule has 0 bridgehead atoms. The Morgan fingerprint density at radius 1 is 1.42 bits per heavy atom. The summed E-state index contributed by atoms with van der Waals surface area (Å²) in [5, 5.41) is 18.6. The van der Waals surface area contributed by atoms with Gasteiger partial charge in [0.05, 0.1) is 12.2 Å². The summed E-state index contributed by atoms with van der Waals surface area (Å²) in [4.78, 5) is 29.2. The Morgan fingerprint density at radius 3 is 2.68 bits per heavy atom. The second-order valence-corrected chi connectivity index (χ2v) is 6.26. The van der Waals surface area contributed by atoms with Gasteiger partial charge in [0.25, 0.3) is 0 Å². The van der Waals surface area contributed by atoms with Crippen LogP contribution in [0.15, 0.2) is 0 Å². The van der Waals surface area contributed by atoms with E-state index in [9.17, 15) is 14.7 Å². The normalized spacial score (nSPS) is 16.1. The van der Waals surface area contributed by atoms with Crippen LogP contribution in [0.4, 0.5) is 0 Å². The summed E-state index contributed by atoms with van der Waals surface area (Å²) in [7, 11) is 0. The summed E-state index contributed by atoms with van der Waals surface area (Å²) in [6.07, 6.45) is 0.675. The second-order valence-electron chi connectivity index (χ2n) is 5.17. The van der Waals surface area contributed by atoms with Crippen LogP contribution in [-0.2, 0) is 28.0 Å². The van der Waals surface area contributed by atoms with Gasteiger partial charge in [0.1, 0.15) is 10.4 Å². The summed E-state index contributed by atoms with van der Waals surface area (Å²) >= 11 is 1.37. The minimum atomic E-state index is -1.00. The SMILES string of the molecule is CC(C)(C(=O)O)c1nc2c(s1)CN(CC(=O)O)CC2. The third-order valence-corrected chi connectivity index (χ3v) is 4.64. The maximum atomic E-state index is 11.2. The van der Waals surface area contributed by atoms with Crippen LogP contribution in [-0.4, -0.2) is 45.1 Å². The zero-order valence-corrected chi connectivity index (χ0v) is 11.7. The highest BCUT2D eigenvalue weighted by atomic mass is 32.1. The van der Waals surface area contributed by atoms with Crippen molar-refractivity contribution in [1.29, 1.82) is 0 Å². The van der Waals surface area contributed by atoms with Gasteiger partial charge in [-0.2, -0.15) is 0 Å². The smallest absolute Gasteiger partial charge is 0.317 e. The number of carboxylic acid groups (broad SMARTS) is 2. The largest absolute Gasteiger partial charge is 0.481 e. The Labute approximate surface area is 114 Å². The Morgan fingerprint density at radius 2 is 2.11 bits per heavy atom. The van der Waals surface area contributed by atoms with Crippen molar-refractivity contribution >= 4 is 23.3 Å². The number of carboxylic acids is 2. The molecule has 0 aliphatic carbocycles. The summed E-state index contributed by atoms with van der Waals surface area (Å²) in [6.45, 7) is 4.46. The van der Waals surface area contributed by atoms with Crippen LogP contribution in [0.1, 0.15) is 29.4 Å². The Balaban J connectivity index is 2.21. The number of nitrogens with zero attached hydrogens (tertiary/aromatic N) is 2. The topological polar surface area (TPSA) is 90.7 Å². The fraction of sp³-hybridized carbons (Fsp3) is 0.583. The minimum absolute atomic E-state index is 0.00893. The third kappa shape index (κ3) is 2.76. The molecule has 0 fully saturated rings. The molecule has 0 atom stereocenters. The maximum Gasteiger partial charge on any atom is 0.317 e. The third-order valence-electron chi connectivity index (χ3n) is 3.24. The van der Waals surface area contributed by atoms with Crippen molar-refractivity contribution in [2.45, 2.75) is 32.2 Å². The van der Waals surface area contributed by atoms with Crippen molar-refractivity contribution in [1.82, 2.24) is 9.88 Å². The van der Waals surface area contributed by atoms with Gasteiger partial charge in [0.2, 0.25) is 0 Å². The van der Waals surface area contributed by atoms with Crippen LogP contribution < -0.4 is 0 Å². The van der Waals surface area contributed by atoms with Gasteiger partial charge in [0.15, 0.2) is 0 Å². The molecule has 1 aromatic rings. The highest BCUT2D eigenvalue weighted by Gasteiger charge is 2.35. The van der Waals surface area contributed by atoms with E-state index in [1.165, 1.54) is 11.3 Å². The molecule has 7 heteroatoms. The molecule has 2 rings (SSSR count). The molecule has 1 aliphatic rings. The lowest BCUT2D eigenvalue weighted by molar-refractivity contribution is -0.142. The molecule has 2 heterocycles. The molecule has 1 aliphatic heterocycles. The second kappa shape index (κ2) is 4.90. The van der Waals surface area contributed by atoms with Crippen LogP contribution >= 0.6 is 11.3 Å². The summed E-state index contributed by atoms with van der Waals surface area (Å²) in [5.74, 6) is -1.75. The molecule has 19 heavy (non-hydrogen) atoms. The predicted octanol–water partition coefficient (Wildman–Crippen LogP) is 0.948. The lowest BCUT2D eigenvalue weighted by Gasteiger charge is -2.23. The molecule has 0 spiro atoms. The van der Waals surface area contributed by atoms with E-state index in [1.807, 2.05) is 4.90 Å². The Hall–Kier alpha value is -1.47. The van der Waals surface area contributed by atoms with E-state index >= 15 is 0 Å². The monoisotopic (exact) mass is 284 g/mol. The summed E-state index contributed by atoms with van der Waals surface area (Å²) < 4.78 is 0. The molecule has 1 aromatic heterocycles. The Kier molecular flexibility index (Phi) is 3.60. The zero-order valence-electron chi connectivity index (χ0n) is 10.8. The van der Waals surface area contributed by atoms with E-state index in [0.29, 0.717) is 24.5 Å². The van der Waals surface area contributed by atoms with Crippen LogP contribution in [0.3, 0.4) is 0 Å². The first kappa shape index (κ1) is 14.0. The van der Waals surface area contributed by atoms with E-state index in [4.69, 9.17) is 5.11 Å². The van der Waals surface area contributed by atoms with Crippen LogP contribution in [0.25, 0.3) is 0 Å². The zero-order chi connectivity index (χ0) is 14.2. The average molecular weight is 284 g/mol. The fourth-order valence-corrected chi connectivity index (χ4v) is 3.18. The molecule has 2 N–H and O–H groups in total. The lowest BCUT2D eigenvalue weighted by Crippen LogP contribution is -2.34. The molecular weight excluding hydrogens is 268 g/mol. The van der Waals surface area contributed by atoms with Crippen molar-refractivity contribution < 1.29 is 19.8 Å². The maximum absolute atomic E-state index is 11.2. The molecule has 0 unspecified atom stereocenters. The van der Waals surface area contributed by atoms with Gasteiger partial charge in [-0.3, -0.25) is 14.5 Å². The number of hydrogen-bond donors (Lipinski definition) is 2. The van der Waals surface area contributed by atoms with Gasteiger partial charge in [-0.1, -0.05) is 0 Å².